The van der Waals surface area contributed by atoms with Gasteiger partial charge in [-0.15, -0.1) is 0 Å². The summed E-state index contributed by atoms with van der Waals surface area (Å²) in [5, 5.41) is 0. The van der Waals surface area contributed by atoms with Gasteiger partial charge in [0.25, 0.3) is 0 Å². The van der Waals surface area contributed by atoms with Crippen LogP contribution in [-0.2, 0) is 9.53 Å². The van der Waals surface area contributed by atoms with Crippen LogP contribution in [0.4, 0.5) is 43.9 Å². The van der Waals surface area contributed by atoms with Gasteiger partial charge in [0, 0.05) is 5.57 Å². The van der Waals surface area contributed by atoms with E-state index in [4.69, 9.17) is 0 Å². The predicted molar refractivity (Wildman–Crippen MR) is 56.2 cm³/mol. The molecule has 136 valence electrons. The fraction of sp³-hybridized carbons (Fsp3) is 0.727. The average Bonchev–Trinajstić information content (AvgIpc) is 2.37. The van der Waals surface area contributed by atoms with Gasteiger partial charge in [0.2, 0.25) is 0 Å². The second kappa shape index (κ2) is 6.56. The molecule has 0 aromatic rings. The van der Waals surface area contributed by atoms with Crippen LogP contribution in [0.25, 0.3) is 0 Å². The molecule has 23 heavy (non-hydrogen) atoms. The number of halogens is 10. The molecule has 0 saturated heterocycles. The SMILES string of the molecule is C=C(C)C(=O)OCCC(F)(F)C(F)(F)C(F)(F)C(F)(F)C(F)F. The first-order valence-electron chi connectivity index (χ1n) is 5.64. The number of hydrogen-bond acceptors (Lipinski definition) is 2. The highest BCUT2D eigenvalue weighted by molar-refractivity contribution is 5.86. The second-order valence-electron chi connectivity index (χ2n) is 4.44. The lowest BCUT2D eigenvalue weighted by Crippen LogP contribution is -2.64. The second-order valence-corrected chi connectivity index (χ2v) is 4.44. The van der Waals surface area contributed by atoms with Crippen molar-refractivity contribution in [3.63, 3.8) is 0 Å². The molecule has 0 heterocycles. The Kier molecular flexibility index (Phi) is 6.13. The Morgan fingerprint density at radius 2 is 1.43 bits per heavy atom. The number of hydrogen-bond donors (Lipinski definition) is 0. The van der Waals surface area contributed by atoms with Gasteiger partial charge in [0.15, 0.2) is 0 Å². The zero-order valence-electron chi connectivity index (χ0n) is 11.3. The summed E-state index contributed by atoms with van der Waals surface area (Å²) in [6.07, 6.45) is -7.60. The zero-order valence-corrected chi connectivity index (χ0v) is 11.3. The van der Waals surface area contributed by atoms with Crippen molar-refractivity contribution < 1.29 is 53.4 Å². The summed E-state index contributed by atoms with van der Waals surface area (Å²) in [4.78, 5) is 10.8. The van der Waals surface area contributed by atoms with Gasteiger partial charge in [-0.2, -0.15) is 35.1 Å². The lowest BCUT2D eigenvalue weighted by molar-refractivity contribution is -0.384. The van der Waals surface area contributed by atoms with E-state index in [1.165, 1.54) is 0 Å². The van der Waals surface area contributed by atoms with E-state index in [-0.39, 0.29) is 5.57 Å². The van der Waals surface area contributed by atoms with E-state index in [1.54, 1.807) is 0 Å². The van der Waals surface area contributed by atoms with Gasteiger partial charge in [-0.25, -0.2) is 13.6 Å². The van der Waals surface area contributed by atoms with Crippen molar-refractivity contribution in [2.75, 3.05) is 6.61 Å². The number of carbonyl (C=O) groups excluding carboxylic acids is 1. The lowest BCUT2D eigenvalue weighted by atomic mass is 9.97. The van der Waals surface area contributed by atoms with Gasteiger partial charge in [-0.05, 0) is 6.92 Å². The average molecular weight is 364 g/mol. The van der Waals surface area contributed by atoms with E-state index in [2.05, 4.69) is 11.3 Å². The van der Waals surface area contributed by atoms with Crippen molar-refractivity contribution in [2.24, 2.45) is 0 Å². The van der Waals surface area contributed by atoms with Crippen molar-refractivity contribution in [1.29, 1.82) is 0 Å². The summed E-state index contributed by atoms with van der Waals surface area (Å²) in [5.41, 5.74) is -0.338. The summed E-state index contributed by atoms with van der Waals surface area (Å²) >= 11 is 0. The monoisotopic (exact) mass is 364 g/mol. The molecule has 0 rings (SSSR count). The number of esters is 1. The molecule has 12 heteroatoms. The Bertz CT molecular complexity index is 458. The Morgan fingerprint density at radius 1 is 1.00 bits per heavy atom. The van der Waals surface area contributed by atoms with E-state index in [0.717, 1.165) is 6.92 Å². The van der Waals surface area contributed by atoms with Crippen LogP contribution >= 0.6 is 0 Å². The molecule has 0 aromatic heterocycles. The first kappa shape index (κ1) is 21.5. The number of ether oxygens (including phenoxy) is 1. The number of rotatable bonds is 8. The van der Waals surface area contributed by atoms with Crippen LogP contribution < -0.4 is 0 Å². The van der Waals surface area contributed by atoms with Crippen molar-refractivity contribution in [3.05, 3.63) is 12.2 Å². The topological polar surface area (TPSA) is 26.3 Å². The first-order chi connectivity index (χ1) is 10.0. The Morgan fingerprint density at radius 3 is 1.78 bits per heavy atom. The summed E-state index contributed by atoms with van der Waals surface area (Å²) in [6, 6.07) is 0. The van der Waals surface area contributed by atoms with Gasteiger partial charge in [-0.3, -0.25) is 0 Å². The van der Waals surface area contributed by atoms with E-state index in [9.17, 15) is 48.7 Å². The van der Waals surface area contributed by atoms with Crippen molar-refractivity contribution in [3.8, 4) is 0 Å². The van der Waals surface area contributed by atoms with E-state index in [0.29, 0.717) is 0 Å². The fourth-order valence-corrected chi connectivity index (χ4v) is 1.13. The minimum atomic E-state index is -7.05. The van der Waals surface area contributed by atoms with Crippen LogP contribution in [0.2, 0.25) is 0 Å². The molecule has 0 aliphatic carbocycles. The fourth-order valence-electron chi connectivity index (χ4n) is 1.13. The third kappa shape index (κ3) is 3.89. The summed E-state index contributed by atoms with van der Waals surface area (Å²) in [5.74, 6) is -27.8. The maximum Gasteiger partial charge on any atom is 0.384 e. The molecule has 0 unspecified atom stereocenters. The molecule has 0 aliphatic rings. The molecule has 0 bridgehead atoms. The van der Waals surface area contributed by atoms with Crippen LogP contribution in [0, 0.1) is 0 Å². The smallest absolute Gasteiger partial charge is 0.384 e. The first-order valence-corrected chi connectivity index (χ1v) is 5.64. The van der Waals surface area contributed by atoms with Gasteiger partial charge in [0.1, 0.15) is 0 Å². The molecule has 0 aliphatic heterocycles. The number of carbonyl (C=O) groups is 1. The summed E-state index contributed by atoms with van der Waals surface area (Å²) in [6.45, 7) is 2.49. The maximum absolute atomic E-state index is 13.1. The highest BCUT2D eigenvalue weighted by atomic mass is 19.4. The van der Waals surface area contributed by atoms with Crippen molar-refractivity contribution >= 4 is 5.97 Å². The molecular weight excluding hydrogens is 354 g/mol. The van der Waals surface area contributed by atoms with Gasteiger partial charge in [0.05, 0.1) is 13.0 Å². The van der Waals surface area contributed by atoms with Gasteiger partial charge >= 0.3 is 36.1 Å². The largest absolute Gasteiger partial charge is 0.462 e. The quantitative estimate of drug-likeness (QED) is 0.365. The van der Waals surface area contributed by atoms with Crippen LogP contribution in [0.1, 0.15) is 13.3 Å². The molecule has 0 atom stereocenters. The standard InChI is InChI=1S/C11H10F10O2/c1-5(2)6(22)23-4-3-8(14,15)10(18,19)11(20,21)9(16,17)7(12)13/h7H,1,3-4H2,2H3. The summed E-state index contributed by atoms with van der Waals surface area (Å²) < 4.78 is 131. The molecule has 0 amide bonds. The molecule has 0 N–H and O–H groups in total. The molecule has 0 spiro atoms. The van der Waals surface area contributed by atoms with Gasteiger partial charge in [-0.1, -0.05) is 6.58 Å². The third-order valence-electron chi connectivity index (χ3n) is 2.54. The molecule has 2 nitrogen and oxygen atoms in total. The van der Waals surface area contributed by atoms with Crippen LogP contribution in [0.5, 0.6) is 0 Å². The summed E-state index contributed by atoms with van der Waals surface area (Å²) in [7, 11) is 0. The Hall–Kier alpha value is -1.49. The molecule has 0 aromatic carbocycles. The van der Waals surface area contributed by atoms with Crippen LogP contribution in [-0.4, -0.2) is 42.7 Å². The normalized spacial score (nSPS) is 14.1. The molecular formula is C11H10F10O2. The zero-order chi connectivity index (χ0) is 18.9. The minimum absolute atomic E-state index is 0.338. The lowest BCUT2D eigenvalue weighted by Gasteiger charge is -2.36. The Labute approximate surface area is 123 Å². The minimum Gasteiger partial charge on any atom is -0.462 e. The van der Waals surface area contributed by atoms with Crippen LogP contribution in [0.3, 0.4) is 0 Å². The predicted octanol–water partition coefficient (Wildman–Crippen LogP) is 4.30. The molecule has 0 saturated carbocycles. The van der Waals surface area contributed by atoms with E-state index < -0.39 is 49.1 Å². The molecule has 0 radical (unpaired) electrons. The van der Waals surface area contributed by atoms with E-state index >= 15 is 0 Å². The van der Waals surface area contributed by atoms with Crippen LogP contribution in [0.15, 0.2) is 12.2 Å². The van der Waals surface area contributed by atoms with E-state index in [1.807, 2.05) is 0 Å². The maximum atomic E-state index is 13.1. The molecule has 0 fully saturated rings. The van der Waals surface area contributed by atoms with Crippen molar-refractivity contribution in [1.82, 2.24) is 0 Å². The third-order valence-corrected chi connectivity index (χ3v) is 2.54. The van der Waals surface area contributed by atoms with Gasteiger partial charge < -0.3 is 4.74 Å². The van der Waals surface area contributed by atoms with Crippen molar-refractivity contribution in [2.45, 2.75) is 43.5 Å². The highest BCUT2D eigenvalue weighted by Gasteiger charge is 2.82. The Balaban J connectivity index is 5.30. The highest BCUT2D eigenvalue weighted by Crippen LogP contribution is 2.55. The number of alkyl halides is 10.